The Morgan fingerprint density at radius 2 is 1.94 bits per heavy atom. The fourth-order valence-electron chi connectivity index (χ4n) is 1.39. The summed E-state index contributed by atoms with van der Waals surface area (Å²) in [5.74, 6) is 0.993. The number of rotatable bonds is 2. The van der Waals surface area contributed by atoms with E-state index < -0.39 is 4.92 Å². The highest BCUT2D eigenvalue weighted by Crippen LogP contribution is 2.27. The monoisotopic (exact) mass is 247 g/mol. The van der Waals surface area contributed by atoms with Crippen molar-refractivity contribution in [1.29, 1.82) is 0 Å². The van der Waals surface area contributed by atoms with Gasteiger partial charge in [0.2, 0.25) is 0 Å². The van der Waals surface area contributed by atoms with Gasteiger partial charge in [0.25, 0.3) is 0 Å². The Hall–Kier alpha value is -2.24. The lowest BCUT2D eigenvalue weighted by Gasteiger charge is -2.11. The molecule has 0 atom stereocenters. The highest BCUT2D eigenvalue weighted by Gasteiger charge is 2.21. The van der Waals surface area contributed by atoms with Crippen molar-refractivity contribution in [2.45, 2.75) is 26.2 Å². The molecule has 0 amide bonds. The predicted octanol–water partition coefficient (Wildman–Crippen LogP) is 2.94. The van der Waals surface area contributed by atoms with Crippen LogP contribution in [-0.4, -0.2) is 14.9 Å². The van der Waals surface area contributed by atoms with Crippen LogP contribution in [0.25, 0.3) is 11.3 Å². The average Bonchev–Trinajstić information content (AvgIpc) is 2.78. The molecular weight excluding hydrogens is 234 g/mol. The zero-order valence-electron chi connectivity index (χ0n) is 10.4. The largest absolute Gasteiger partial charge is 0.440 e. The van der Waals surface area contributed by atoms with Crippen molar-refractivity contribution in [3.8, 4) is 11.3 Å². The number of nitro groups is 1. The highest BCUT2D eigenvalue weighted by molar-refractivity contribution is 5.55. The highest BCUT2D eigenvalue weighted by atomic mass is 16.6. The molecule has 0 aliphatic carbocycles. The summed E-state index contributed by atoms with van der Waals surface area (Å²) in [7, 11) is 0. The van der Waals surface area contributed by atoms with E-state index in [1.54, 1.807) is 12.3 Å². The summed E-state index contributed by atoms with van der Waals surface area (Å²) in [4.78, 5) is 17.9. The van der Waals surface area contributed by atoms with Crippen LogP contribution >= 0.6 is 0 Å². The second kappa shape index (κ2) is 4.21. The molecule has 6 heteroatoms. The van der Waals surface area contributed by atoms with Crippen LogP contribution in [0.3, 0.4) is 0 Å². The minimum absolute atomic E-state index is 0.174. The van der Waals surface area contributed by atoms with E-state index in [1.165, 1.54) is 12.3 Å². The van der Waals surface area contributed by atoms with Crippen molar-refractivity contribution >= 4 is 5.82 Å². The molecule has 0 fully saturated rings. The molecule has 6 nitrogen and oxygen atoms in total. The maximum Gasteiger partial charge on any atom is 0.363 e. The Kier molecular flexibility index (Phi) is 2.86. The predicted molar refractivity (Wildman–Crippen MR) is 65.1 cm³/mol. The summed E-state index contributed by atoms with van der Waals surface area (Å²) in [5, 5.41) is 10.5. The molecule has 0 unspecified atom stereocenters. The third-order valence-electron chi connectivity index (χ3n) is 2.37. The van der Waals surface area contributed by atoms with E-state index >= 15 is 0 Å². The van der Waals surface area contributed by atoms with Gasteiger partial charge >= 0.3 is 5.82 Å². The Morgan fingerprint density at radius 3 is 2.39 bits per heavy atom. The molecule has 0 saturated heterocycles. The van der Waals surface area contributed by atoms with E-state index in [0.717, 1.165) is 0 Å². The van der Waals surface area contributed by atoms with Gasteiger partial charge in [0.05, 0.1) is 11.8 Å². The van der Waals surface area contributed by atoms with Gasteiger partial charge in [-0.05, 0) is 16.0 Å². The van der Waals surface area contributed by atoms with Crippen molar-refractivity contribution < 1.29 is 9.34 Å². The smallest absolute Gasteiger partial charge is 0.363 e. The van der Waals surface area contributed by atoms with Gasteiger partial charge in [-0.25, -0.2) is 4.98 Å². The normalized spacial score (nSPS) is 11.5. The van der Waals surface area contributed by atoms with E-state index in [-0.39, 0.29) is 11.2 Å². The summed E-state index contributed by atoms with van der Waals surface area (Å²) >= 11 is 0. The quantitative estimate of drug-likeness (QED) is 0.601. The number of hydrogen-bond acceptors (Lipinski definition) is 5. The number of pyridine rings is 1. The molecule has 2 rings (SSSR count). The number of hydrogen-bond donors (Lipinski definition) is 0. The third-order valence-corrected chi connectivity index (χ3v) is 2.37. The van der Waals surface area contributed by atoms with E-state index in [0.29, 0.717) is 17.2 Å². The Morgan fingerprint density at radius 1 is 1.22 bits per heavy atom. The lowest BCUT2D eigenvalue weighted by Crippen LogP contribution is -2.10. The summed E-state index contributed by atoms with van der Waals surface area (Å²) in [6.07, 6.45) is 3.01. The van der Waals surface area contributed by atoms with Crippen LogP contribution in [0.1, 0.15) is 26.7 Å². The molecule has 0 saturated carbocycles. The summed E-state index contributed by atoms with van der Waals surface area (Å²) in [5.41, 5.74) is 0.496. The fraction of sp³-hybridized carbons (Fsp3) is 0.333. The van der Waals surface area contributed by atoms with Crippen LogP contribution in [0, 0.1) is 10.1 Å². The fourth-order valence-corrected chi connectivity index (χ4v) is 1.39. The summed E-state index contributed by atoms with van der Waals surface area (Å²) in [6, 6.07) is 2.94. The first kappa shape index (κ1) is 12.2. The molecule has 0 spiro atoms. The van der Waals surface area contributed by atoms with Gasteiger partial charge in [-0.2, -0.15) is 0 Å². The van der Waals surface area contributed by atoms with Crippen LogP contribution in [-0.2, 0) is 5.41 Å². The van der Waals surface area contributed by atoms with E-state index in [4.69, 9.17) is 4.42 Å². The Labute approximate surface area is 104 Å². The summed E-state index contributed by atoms with van der Waals surface area (Å²) < 4.78 is 5.61. The van der Waals surface area contributed by atoms with Gasteiger partial charge in [-0.3, -0.25) is 0 Å². The molecule has 2 aromatic heterocycles. The topological polar surface area (TPSA) is 82.1 Å². The van der Waals surface area contributed by atoms with Crippen molar-refractivity contribution in [3.05, 3.63) is 40.5 Å². The van der Waals surface area contributed by atoms with E-state index in [1.807, 2.05) is 20.8 Å². The van der Waals surface area contributed by atoms with Crippen molar-refractivity contribution in [3.63, 3.8) is 0 Å². The molecule has 0 aliphatic heterocycles. The molecule has 2 heterocycles. The molecule has 0 bridgehead atoms. The van der Waals surface area contributed by atoms with Crippen molar-refractivity contribution in [2.24, 2.45) is 0 Å². The molecule has 0 aromatic carbocycles. The van der Waals surface area contributed by atoms with Gasteiger partial charge in [-0.1, -0.05) is 20.8 Å². The molecule has 0 radical (unpaired) electrons. The SMILES string of the molecule is CC(C)(C)c1ncc(-c2ccc([N+](=O)[O-])nc2)o1. The molecule has 0 N–H and O–H groups in total. The van der Waals surface area contributed by atoms with Crippen molar-refractivity contribution in [1.82, 2.24) is 9.97 Å². The maximum atomic E-state index is 10.5. The first-order chi connectivity index (χ1) is 8.38. The zero-order chi connectivity index (χ0) is 13.3. The second-order valence-corrected chi connectivity index (χ2v) is 4.94. The van der Waals surface area contributed by atoms with Gasteiger partial charge < -0.3 is 14.5 Å². The van der Waals surface area contributed by atoms with E-state index in [9.17, 15) is 10.1 Å². The minimum atomic E-state index is -0.537. The molecule has 18 heavy (non-hydrogen) atoms. The Balaban J connectivity index is 2.32. The molecule has 2 aromatic rings. The second-order valence-electron chi connectivity index (χ2n) is 4.94. The standard InChI is InChI=1S/C12H13N3O3/c1-12(2,3)11-14-7-9(18-11)8-4-5-10(13-6-8)15(16)17/h4-7H,1-3H3. The first-order valence-electron chi connectivity index (χ1n) is 5.45. The van der Waals surface area contributed by atoms with Crippen LogP contribution in [0.4, 0.5) is 5.82 Å². The molecular formula is C12H13N3O3. The lowest BCUT2D eigenvalue weighted by molar-refractivity contribution is -0.389. The van der Waals surface area contributed by atoms with E-state index in [2.05, 4.69) is 9.97 Å². The van der Waals surface area contributed by atoms with Gasteiger partial charge in [-0.15, -0.1) is 0 Å². The van der Waals surface area contributed by atoms with Crippen LogP contribution in [0.5, 0.6) is 0 Å². The summed E-state index contributed by atoms with van der Waals surface area (Å²) in [6.45, 7) is 5.99. The van der Waals surface area contributed by atoms with Gasteiger partial charge in [0.15, 0.2) is 17.8 Å². The first-order valence-corrected chi connectivity index (χ1v) is 5.45. The van der Waals surface area contributed by atoms with Gasteiger partial charge in [0, 0.05) is 11.5 Å². The number of nitrogens with zero attached hydrogens (tertiary/aromatic N) is 3. The number of oxazole rings is 1. The average molecular weight is 247 g/mol. The number of aromatic nitrogens is 2. The van der Waals surface area contributed by atoms with Gasteiger partial charge in [0.1, 0.15) is 0 Å². The minimum Gasteiger partial charge on any atom is -0.440 e. The molecule has 0 aliphatic rings. The molecule has 94 valence electrons. The van der Waals surface area contributed by atoms with Crippen molar-refractivity contribution in [2.75, 3.05) is 0 Å². The van der Waals surface area contributed by atoms with Crippen LogP contribution in [0.2, 0.25) is 0 Å². The maximum absolute atomic E-state index is 10.5. The van der Waals surface area contributed by atoms with Crippen LogP contribution < -0.4 is 0 Å². The van der Waals surface area contributed by atoms with Crippen LogP contribution in [0.15, 0.2) is 28.9 Å². The third kappa shape index (κ3) is 2.37. The Bertz CT molecular complexity index is 567. The lowest BCUT2D eigenvalue weighted by atomic mass is 9.97. The zero-order valence-corrected chi connectivity index (χ0v) is 10.4.